The van der Waals surface area contributed by atoms with Crippen LogP contribution in [0.5, 0.6) is 0 Å². The van der Waals surface area contributed by atoms with E-state index < -0.39 is 0 Å². The third-order valence-corrected chi connectivity index (χ3v) is 3.85. The van der Waals surface area contributed by atoms with Gasteiger partial charge in [0, 0.05) is 29.7 Å². The maximum Gasteiger partial charge on any atom is 0.253 e. The van der Waals surface area contributed by atoms with Crippen molar-refractivity contribution in [2.45, 2.75) is 18.9 Å². The van der Waals surface area contributed by atoms with Crippen LogP contribution in [-0.2, 0) is 4.79 Å². The maximum absolute atomic E-state index is 12.3. The van der Waals surface area contributed by atoms with Crippen LogP contribution >= 0.6 is 23.2 Å². The van der Waals surface area contributed by atoms with Gasteiger partial charge in [0.05, 0.1) is 0 Å². The first-order chi connectivity index (χ1) is 9.60. The zero-order chi connectivity index (χ0) is 14.5. The van der Waals surface area contributed by atoms with Crippen molar-refractivity contribution in [2.75, 3.05) is 19.0 Å². The first kappa shape index (κ1) is 15.1. The van der Waals surface area contributed by atoms with Gasteiger partial charge in [0.25, 0.3) is 5.91 Å². The SMILES string of the molecule is O=C(CCl)NC1CCN(C(=O)c2ccc(Cl)cc2)CC1. The lowest BCUT2D eigenvalue weighted by atomic mass is 10.0. The van der Waals surface area contributed by atoms with Gasteiger partial charge < -0.3 is 10.2 Å². The van der Waals surface area contributed by atoms with Crippen molar-refractivity contribution in [3.05, 3.63) is 34.9 Å². The number of benzene rings is 1. The van der Waals surface area contributed by atoms with E-state index in [2.05, 4.69) is 5.32 Å². The molecule has 1 aromatic carbocycles. The fourth-order valence-corrected chi connectivity index (χ4v) is 2.47. The lowest BCUT2D eigenvalue weighted by molar-refractivity contribution is -0.119. The topological polar surface area (TPSA) is 49.4 Å². The molecule has 0 bridgehead atoms. The summed E-state index contributed by atoms with van der Waals surface area (Å²) < 4.78 is 0. The second-order valence-corrected chi connectivity index (χ2v) is 5.48. The number of hydrogen-bond donors (Lipinski definition) is 1. The van der Waals surface area contributed by atoms with Crippen molar-refractivity contribution in [3.63, 3.8) is 0 Å². The highest BCUT2D eigenvalue weighted by molar-refractivity contribution is 6.30. The van der Waals surface area contributed by atoms with E-state index in [0.717, 1.165) is 12.8 Å². The molecule has 1 heterocycles. The standard InChI is InChI=1S/C14H16Cl2N2O2/c15-9-13(19)17-12-5-7-18(8-6-12)14(20)10-1-3-11(16)4-2-10/h1-4,12H,5-9H2,(H,17,19). The molecule has 20 heavy (non-hydrogen) atoms. The maximum atomic E-state index is 12.3. The molecule has 0 atom stereocenters. The normalized spacial score (nSPS) is 16.0. The van der Waals surface area contributed by atoms with E-state index in [9.17, 15) is 9.59 Å². The molecular formula is C14H16Cl2N2O2. The van der Waals surface area contributed by atoms with Crippen molar-refractivity contribution >= 4 is 35.0 Å². The van der Waals surface area contributed by atoms with Gasteiger partial charge >= 0.3 is 0 Å². The zero-order valence-electron chi connectivity index (χ0n) is 10.9. The van der Waals surface area contributed by atoms with Crippen LogP contribution in [0.1, 0.15) is 23.2 Å². The summed E-state index contributed by atoms with van der Waals surface area (Å²) in [5, 5.41) is 3.46. The summed E-state index contributed by atoms with van der Waals surface area (Å²) in [7, 11) is 0. The van der Waals surface area contributed by atoms with Gasteiger partial charge in [0.1, 0.15) is 5.88 Å². The fraction of sp³-hybridized carbons (Fsp3) is 0.429. The average Bonchev–Trinajstić information content (AvgIpc) is 2.48. The minimum absolute atomic E-state index is 0.00351. The van der Waals surface area contributed by atoms with Crippen LogP contribution < -0.4 is 5.32 Å². The third-order valence-electron chi connectivity index (χ3n) is 3.36. The highest BCUT2D eigenvalue weighted by atomic mass is 35.5. The largest absolute Gasteiger partial charge is 0.352 e. The van der Waals surface area contributed by atoms with E-state index in [4.69, 9.17) is 23.2 Å². The minimum atomic E-state index is -0.158. The molecule has 1 aliphatic rings. The number of carbonyl (C=O) groups is 2. The number of halogens is 2. The molecule has 0 aromatic heterocycles. The van der Waals surface area contributed by atoms with E-state index in [0.29, 0.717) is 23.7 Å². The van der Waals surface area contributed by atoms with Crippen molar-refractivity contribution in [1.29, 1.82) is 0 Å². The van der Waals surface area contributed by atoms with Gasteiger partial charge in [0.2, 0.25) is 5.91 Å². The quantitative estimate of drug-likeness (QED) is 0.870. The molecule has 0 saturated carbocycles. The summed E-state index contributed by atoms with van der Waals surface area (Å²) in [6, 6.07) is 6.98. The summed E-state index contributed by atoms with van der Waals surface area (Å²) in [4.78, 5) is 25.3. The Hall–Kier alpha value is -1.26. The van der Waals surface area contributed by atoms with Crippen LogP contribution in [0.4, 0.5) is 0 Å². The van der Waals surface area contributed by atoms with E-state index in [1.807, 2.05) is 0 Å². The van der Waals surface area contributed by atoms with Crippen molar-refractivity contribution < 1.29 is 9.59 Å². The summed E-state index contributed by atoms with van der Waals surface area (Å²) in [6.07, 6.45) is 1.50. The average molecular weight is 315 g/mol. The summed E-state index contributed by atoms with van der Waals surface area (Å²) in [6.45, 7) is 1.27. The number of rotatable bonds is 3. The molecule has 1 aromatic rings. The van der Waals surface area contributed by atoms with Crippen LogP contribution in [-0.4, -0.2) is 41.7 Å². The molecule has 2 rings (SSSR count). The van der Waals surface area contributed by atoms with Gasteiger partial charge in [-0.15, -0.1) is 11.6 Å². The highest BCUT2D eigenvalue weighted by Crippen LogP contribution is 2.16. The lowest BCUT2D eigenvalue weighted by Gasteiger charge is -2.32. The smallest absolute Gasteiger partial charge is 0.253 e. The molecule has 1 fully saturated rings. The van der Waals surface area contributed by atoms with Crippen molar-refractivity contribution in [1.82, 2.24) is 10.2 Å². The lowest BCUT2D eigenvalue weighted by Crippen LogP contribution is -2.46. The molecule has 0 radical (unpaired) electrons. The second-order valence-electron chi connectivity index (χ2n) is 4.77. The predicted octanol–water partition coefficient (Wildman–Crippen LogP) is 2.30. The number of carbonyl (C=O) groups excluding carboxylic acids is 2. The monoisotopic (exact) mass is 314 g/mol. The Morgan fingerprint density at radius 1 is 1.20 bits per heavy atom. The van der Waals surface area contributed by atoms with Gasteiger partial charge in [0.15, 0.2) is 0 Å². The highest BCUT2D eigenvalue weighted by Gasteiger charge is 2.24. The van der Waals surface area contributed by atoms with E-state index >= 15 is 0 Å². The number of alkyl halides is 1. The van der Waals surface area contributed by atoms with Gasteiger partial charge in [-0.3, -0.25) is 9.59 Å². The number of hydrogen-bond acceptors (Lipinski definition) is 2. The molecule has 1 N–H and O–H groups in total. The Bertz CT molecular complexity index is 482. The Morgan fingerprint density at radius 2 is 1.80 bits per heavy atom. The molecule has 0 unspecified atom stereocenters. The first-order valence-electron chi connectivity index (χ1n) is 6.50. The summed E-state index contributed by atoms with van der Waals surface area (Å²) in [5.74, 6) is -0.179. The molecule has 0 aliphatic carbocycles. The Kier molecular flexibility index (Phi) is 5.26. The number of piperidine rings is 1. The van der Waals surface area contributed by atoms with E-state index in [1.54, 1.807) is 29.2 Å². The molecule has 1 saturated heterocycles. The van der Waals surface area contributed by atoms with Crippen LogP contribution in [0.3, 0.4) is 0 Å². The third kappa shape index (κ3) is 3.87. The molecule has 4 nitrogen and oxygen atoms in total. The fourth-order valence-electron chi connectivity index (χ4n) is 2.27. The molecule has 0 spiro atoms. The summed E-state index contributed by atoms with van der Waals surface area (Å²) >= 11 is 11.3. The van der Waals surface area contributed by atoms with Gasteiger partial charge in [-0.25, -0.2) is 0 Å². The van der Waals surface area contributed by atoms with Crippen LogP contribution in [0.2, 0.25) is 5.02 Å². The number of amides is 2. The first-order valence-corrected chi connectivity index (χ1v) is 7.41. The van der Waals surface area contributed by atoms with Crippen LogP contribution in [0.15, 0.2) is 24.3 Å². The van der Waals surface area contributed by atoms with Gasteiger partial charge in [-0.1, -0.05) is 11.6 Å². The predicted molar refractivity (Wildman–Crippen MR) is 79.2 cm³/mol. The Morgan fingerprint density at radius 3 is 2.35 bits per heavy atom. The zero-order valence-corrected chi connectivity index (χ0v) is 12.5. The molecular weight excluding hydrogens is 299 g/mol. The number of likely N-dealkylation sites (tertiary alicyclic amines) is 1. The molecule has 2 amide bonds. The van der Waals surface area contributed by atoms with Crippen molar-refractivity contribution in [2.24, 2.45) is 0 Å². The van der Waals surface area contributed by atoms with Crippen LogP contribution in [0, 0.1) is 0 Å². The Labute approximate surface area is 128 Å². The van der Waals surface area contributed by atoms with E-state index in [1.165, 1.54) is 0 Å². The summed E-state index contributed by atoms with van der Waals surface area (Å²) in [5.41, 5.74) is 0.637. The number of nitrogens with zero attached hydrogens (tertiary/aromatic N) is 1. The number of nitrogens with one attached hydrogen (secondary N) is 1. The minimum Gasteiger partial charge on any atom is -0.352 e. The van der Waals surface area contributed by atoms with Gasteiger partial charge in [-0.2, -0.15) is 0 Å². The second kappa shape index (κ2) is 6.95. The van der Waals surface area contributed by atoms with Gasteiger partial charge in [-0.05, 0) is 37.1 Å². The van der Waals surface area contributed by atoms with E-state index in [-0.39, 0.29) is 23.7 Å². The molecule has 108 valence electrons. The van der Waals surface area contributed by atoms with Crippen molar-refractivity contribution in [3.8, 4) is 0 Å². The molecule has 6 heteroatoms. The molecule has 1 aliphatic heterocycles. The Balaban J connectivity index is 1.88. The van der Waals surface area contributed by atoms with Crippen LogP contribution in [0.25, 0.3) is 0 Å².